The van der Waals surface area contributed by atoms with Gasteiger partial charge in [0, 0.05) is 30.7 Å². The van der Waals surface area contributed by atoms with Gasteiger partial charge in [-0.25, -0.2) is 9.97 Å². The van der Waals surface area contributed by atoms with Gasteiger partial charge in [0.1, 0.15) is 5.75 Å². The van der Waals surface area contributed by atoms with Gasteiger partial charge in [-0.05, 0) is 60.9 Å². The van der Waals surface area contributed by atoms with Crippen LogP contribution in [0.2, 0.25) is 0 Å². The van der Waals surface area contributed by atoms with E-state index in [4.69, 9.17) is 4.74 Å². The minimum atomic E-state index is -0.0698. The molecule has 0 saturated carbocycles. The van der Waals surface area contributed by atoms with Gasteiger partial charge in [0.2, 0.25) is 11.9 Å². The van der Waals surface area contributed by atoms with Crippen LogP contribution >= 0.6 is 0 Å². The zero-order valence-electron chi connectivity index (χ0n) is 18.6. The fraction of sp³-hybridized carbons (Fsp3) is 0.154. The van der Waals surface area contributed by atoms with Crippen molar-refractivity contribution in [1.82, 2.24) is 15.0 Å². The molecule has 2 aromatic carbocycles. The lowest BCUT2D eigenvalue weighted by molar-refractivity contribution is -0.116. The summed E-state index contributed by atoms with van der Waals surface area (Å²) < 4.78 is 5.38. The predicted molar refractivity (Wildman–Crippen MR) is 129 cm³/mol. The molecule has 1 amide bonds. The molecule has 0 saturated heterocycles. The van der Waals surface area contributed by atoms with E-state index >= 15 is 0 Å². The third-order valence-electron chi connectivity index (χ3n) is 5.20. The molecule has 0 aliphatic heterocycles. The van der Waals surface area contributed by atoms with E-state index in [0.717, 1.165) is 28.3 Å². The Bertz CT molecular complexity index is 1180. The van der Waals surface area contributed by atoms with Crippen LogP contribution in [0.3, 0.4) is 0 Å². The summed E-state index contributed by atoms with van der Waals surface area (Å²) in [4.78, 5) is 27.7. The van der Waals surface area contributed by atoms with Gasteiger partial charge >= 0.3 is 0 Å². The summed E-state index contributed by atoms with van der Waals surface area (Å²) in [5.41, 5.74) is 4.40. The number of aromatic nitrogens is 3. The number of amides is 1. The maximum absolute atomic E-state index is 12.7. The normalized spacial score (nSPS) is 10.5. The van der Waals surface area contributed by atoms with Crippen LogP contribution in [0.1, 0.15) is 17.5 Å². The first-order chi connectivity index (χ1) is 16.2. The lowest BCUT2D eigenvalue weighted by Crippen LogP contribution is -2.16. The second-order valence-electron chi connectivity index (χ2n) is 7.46. The molecule has 0 radical (unpaired) electrons. The maximum atomic E-state index is 12.7. The number of anilines is 4. The molecule has 0 aliphatic rings. The molecule has 2 aromatic heterocycles. The van der Waals surface area contributed by atoms with Gasteiger partial charge in [-0.15, -0.1) is 0 Å². The molecule has 166 valence electrons. The van der Waals surface area contributed by atoms with Crippen LogP contribution in [-0.4, -0.2) is 28.0 Å². The molecule has 2 heterocycles. The number of nitrogens with one attached hydrogen (secondary N) is 1. The van der Waals surface area contributed by atoms with Crippen LogP contribution in [0.25, 0.3) is 0 Å². The highest BCUT2D eigenvalue weighted by molar-refractivity contribution is 5.92. The number of pyridine rings is 1. The van der Waals surface area contributed by atoms with Crippen molar-refractivity contribution in [2.24, 2.45) is 0 Å². The highest BCUT2D eigenvalue weighted by Crippen LogP contribution is 2.35. The number of methoxy groups -OCH3 is 1. The fourth-order valence-electron chi connectivity index (χ4n) is 3.56. The largest absolute Gasteiger partial charge is 0.496 e. The monoisotopic (exact) mass is 439 g/mol. The molecule has 7 heteroatoms. The Labute approximate surface area is 193 Å². The molecule has 0 fully saturated rings. The Morgan fingerprint density at radius 3 is 2.58 bits per heavy atom. The molecule has 7 nitrogen and oxygen atoms in total. The smallest absolute Gasteiger partial charge is 0.234 e. The van der Waals surface area contributed by atoms with E-state index in [1.165, 1.54) is 0 Å². The van der Waals surface area contributed by atoms with Crippen LogP contribution in [0.5, 0.6) is 5.75 Å². The Morgan fingerprint density at radius 2 is 1.82 bits per heavy atom. The van der Waals surface area contributed by atoms with Gasteiger partial charge < -0.3 is 10.1 Å². The highest BCUT2D eigenvalue weighted by Gasteiger charge is 2.18. The van der Waals surface area contributed by atoms with Crippen LogP contribution in [0.15, 0.2) is 85.5 Å². The zero-order chi connectivity index (χ0) is 23.0. The third kappa shape index (κ3) is 5.33. The van der Waals surface area contributed by atoms with E-state index in [1.54, 1.807) is 38.0 Å². The summed E-state index contributed by atoms with van der Waals surface area (Å²) >= 11 is 0. The minimum absolute atomic E-state index is 0.0698. The zero-order valence-corrected chi connectivity index (χ0v) is 18.6. The van der Waals surface area contributed by atoms with Crippen LogP contribution < -0.4 is 15.0 Å². The Balaban J connectivity index is 1.57. The van der Waals surface area contributed by atoms with E-state index in [0.29, 0.717) is 24.5 Å². The number of hydrogen-bond donors (Lipinski definition) is 1. The first-order valence-electron chi connectivity index (χ1n) is 10.7. The van der Waals surface area contributed by atoms with Crippen molar-refractivity contribution in [1.29, 1.82) is 0 Å². The topological polar surface area (TPSA) is 80.2 Å². The average Bonchev–Trinajstić information content (AvgIpc) is 2.86. The fourth-order valence-corrected chi connectivity index (χ4v) is 3.56. The summed E-state index contributed by atoms with van der Waals surface area (Å²) in [5, 5.41) is 3.01. The van der Waals surface area contributed by atoms with E-state index in [-0.39, 0.29) is 5.91 Å². The maximum Gasteiger partial charge on any atom is 0.234 e. The number of benzene rings is 2. The number of nitrogens with zero attached hydrogens (tertiary/aromatic N) is 4. The lowest BCUT2D eigenvalue weighted by atomic mass is 10.1. The second kappa shape index (κ2) is 10.4. The number of para-hydroxylation sites is 1. The van der Waals surface area contributed by atoms with Crippen molar-refractivity contribution in [3.63, 3.8) is 0 Å². The number of ether oxygens (including phenoxy) is 1. The van der Waals surface area contributed by atoms with Gasteiger partial charge in [0.05, 0.1) is 24.7 Å². The van der Waals surface area contributed by atoms with E-state index < -0.39 is 0 Å². The minimum Gasteiger partial charge on any atom is -0.496 e. The standard InChI is InChI=1S/C26H25N5O2/c1-19-10-12-21(30-25(32)13-11-20-7-3-4-9-24(20)33-2)17-23(19)31(22-8-5-14-27-18-22)26-28-15-6-16-29-26/h3-10,12,14-18H,11,13H2,1-2H3,(H,30,32). The van der Waals surface area contributed by atoms with Crippen molar-refractivity contribution < 1.29 is 9.53 Å². The van der Waals surface area contributed by atoms with Crippen LogP contribution in [0, 0.1) is 6.92 Å². The molecule has 0 unspecified atom stereocenters. The molecule has 4 rings (SSSR count). The van der Waals surface area contributed by atoms with E-state index in [9.17, 15) is 4.79 Å². The highest BCUT2D eigenvalue weighted by atomic mass is 16.5. The van der Waals surface area contributed by atoms with Crippen LogP contribution in [-0.2, 0) is 11.2 Å². The van der Waals surface area contributed by atoms with Crippen molar-refractivity contribution in [3.8, 4) is 5.75 Å². The Morgan fingerprint density at radius 1 is 1.00 bits per heavy atom. The van der Waals surface area contributed by atoms with Crippen molar-refractivity contribution >= 4 is 28.9 Å². The predicted octanol–water partition coefficient (Wildman–Crippen LogP) is 5.23. The Kier molecular flexibility index (Phi) is 6.90. The number of carbonyl (C=O) groups is 1. The number of rotatable bonds is 8. The molecule has 1 N–H and O–H groups in total. The van der Waals surface area contributed by atoms with E-state index in [2.05, 4.69) is 20.3 Å². The molecule has 0 atom stereocenters. The second-order valence-corrected chi connectivity index (χ2v) is 7.46. The number of hydrogen-bond acceptors (Lipinski definition) is 6. The first-order valence-corrected chi connectivity index (χ1v) is 10.7. The van der Waals surface area contributed by atoms with Gasteiger partial charge in [0.15, 0.2) is 0 Å². The quantitative estimate of drug-likeness (QED) is 0.405. The van der Waals surface area contributed by atoms with Gasteiger partial charge in [0.25, 0.3) is 0 Å². The van der Waals surface area contributed by atoms with Crippen molar-refractivity contribution in [2.45, 2.75) is 19.8 Å². The van der Waals surface area contributed by atoms with Gasteiger partial charge in [-0.3, -0.25) is 14.7 Å². The van der Waals surface area contributed by atoms with Gasteiger partial charge in [-0.2, -0.15) is 0 Å². The molecule has 4 aromatic rings. The molecule has 33 heavy (non-hydrogen) atoms. The summed E-state index contributed by atoms with van der Waals surface area (Å²) in [7, 11) is 1.64. The molecular weight excluding hydrogens is 414 g/mol. The summed E-state index contributed by atoms with van der Waals surface area (Å²) in [6.07, 6.45) is 7.81. The molecular formula is C26H25N5O2. The summed E-state index contributed by atoms with van der Waals surface area (Å²) in [6, 6.07) is 19.1. The van der Waals surface area contributed by atoms with Crippen LogP contribution in [0.4, 0.5) is 23.0 Å². The average molecular weight is 440 g/mol. The molecule has 0 bridgehead atoms. The number of aryl methyl sites for hydroxylation is 2. The van der Waals surface area contributed by atoms with Gasteiger partial charge in [-0.1, -0.05) is 24.3 Å². The third-order valence-corrected chi connectivity index (χ3v) is 5.20. The summed E-state index contributed by atoms with van der Waals surface area (Å²) in [5.74, 6) is 1.24. The molecule has 0 aliphatic carbocycles. The van der Waals surface area contributed by atoms with Crippen molar-refractivity contribution in [2.75, 3.05) is 17.3 Å². The Hall–Kier alpha value is -4.26. The molecule has 0 spiro atoms. The first kappa shape index (κ1) is 22.0. The lowest BCUT2D eigenvalue weighted by Gasteiger charge is -2.24. The van der Waals surface area contributed by atoms with Crippen molar-refractivity contribution in [3.05, 3.63) is 96.6 Å². The summed E-state index contributed by atoms with van der Waals surface area (Å²) in [6.45, 7) is 2.01. The van der Waals surface area contributed by atoms with E-state index in [1.807, 2.05) is 66.4 Å². The SMILES string of the molecule is COc1ccccc1CCC(=O)Nc1ccc(C)c(N(c2cccnc2)c2ncccn2)c1. The number of carbonyl (C=O) groups excluding carboxylic acids is 1.